The zero-order valence-electron chi connectivity index (χ0n) is 9.07. The molecule has 1 aliphatic rings. The van der Waals surface area contributed by atoms with Crippen molar-refractivity contribution in [3.05, 3.63) is 24.5 Å². The quantitative estimate of drug-likeness (QED) is 0.843. The molecule has 0 aliphatic carbocycles. The van der Waals surface area contributed by atoms with Crippen molar-refractivity contribution in [2.24, 2.45) is 0 Å². The molecule has 0 aromatic carbocycles. The topological polar surface area (TPSA) is 81.5 Å². The fourth-order valence-electron chi connectivity index (χ4n) is 1.86. The molecule has 3 heterocycles. The average Bonchev–Trinajstić information content (AvgIpc) is 3.00. The molecular formula is C11H12N2O4. The molecule has 2 atom stereocenters. The first-order chi connectivity index (χ1) is 8.34. The summed E-state index contributed by atoms with van der Waals surface area (Å²) in [7, 11) is 0. The van der Waals surface area contributed by atoms with Crippen LogP contribution in [0, 0.1) is 0 Å². The lowest BCUT2D eigenvalue weighted by molar-refractivity contribution is -0.0149. The standard InChI is InChI=1S/C11H12N2O4/c14-9-2-4-16-6-8(9)11-12-10(13-17-11)7-1-3-15-5-7/h1,3,5,8-9,14H,2,4,6H2. The van der Waals surface area contributed by atoms with Gasteiger partial charge in [0.05, 0.1) is 30.5 Å². The lowest BCUT2D eigenvalue weighted by Crippen LogP contribution is -2.30. The van der Waals surface area contributed by atoms with Gasteiger partial charge in [0.25, 0.3) is 0 Å². The summed E-state index contributed by atoms with van der Waals surface area (Å²) in [6.45, 7) is 0.981. The van der Waals surface area contributed by atoms with Crippen LogP contribution in [0.4, 0.5) is 0 Å². The van der Waals surface area contributed by atoms with Crippen molar-refractivity contribution in [3.8, 4) is 11.4 Å². The maximum atomic E-state index is 9.84. The van der Waals surface area contributed by atoms with Gasteiger partial charge in [0, 0.05) is 6.61 Å². The van der Waals surface area contributed by atoms with E-state index in [0.717, 1.165) is 5.56 Å². The Morgan fingerprint density at radius 2 is 2.35 bits per heavy atom. The van der Waals surface area contributed by atoms with E-state index in [1.807, 2.05) is 0 Å². The van der Waals surface area contributed by atoms with Crippen molar-refractivity contribution >= 4 is 0 Å². The van der Waals surface area contributed by atoms with Crippen LogP contribution in [0.5, 0.6) is 0 Å². The summed E-state index contributed by atoms with van der Waals surface area (Å²) in [6, 6.07) is 1.75. The Bertz CT molecular complexity index is 479. The number of aliphatic hydroxyl groups excluding tert-OH is 1. The van der Waals surface area contributed by atoms with Crippen LogP contribution in [-0.4, -0.2) is 34.6 Å². The van der Waals surface area contributed by atoms with Crippen LogP contribution >= 0.6 is 0 Å². The smallest absolute Gasteiger partial charge is 0.235 e. The lowest BCUT2D eigenvalue weighted by atomic mass is 9.99. The number of nitrogens with zero attached hydrogens (tertiary/aromatic N) is 2. The molecule has 1 aliphatic heterocycles. The summed E-state index contributed by atoms with van der Waals surface area (Å²) in [4.78, 5) is 4.25. The van der Waals surface area contributed by atoms with Crippen LogP contribution < -0.4 is 0 Å². The Balaban J connectivity index is 1.84. The number of furan rings is 1. The summed E-state index contributed by atoms with van der Waals surface area (Å²) in [6.07, 6.45) is 3.20. The number of aliphatic hydroxyl groups is 1. The lowest BCUT2D eigenvalue weighted by Gasteiger charge is -2.24. The first-order valence-corrected chi connectivity index (χ1v) is 5.46. The molecular weight excluding hydrogens is 224 g/mol. The highest BCUT2D eigenvalue weighted by atomic mass is 16.5. The van der Waals surface area contributed by atoms with Gasteiger partial charge in [0.1, 0.15) is 6.26 Å². The molecule has 0 spiro atoms. The second-order valence-corrected chi connectivity index (χ2v) is 4.01. The highest BCUT2D eigenvalue weighted by molar-refractivity contribution is 5.51. The molecule has 6 heteroatoms. The highest BCUT2D eigenvalue weighted by Gasteiger charge is 2.30. The number of ether oxygens (including phenoxy) is 1. The fourth-order valence-corrected chi connectivity index (χ4v) is 1.86. The molecule has 1 saturated heterocycles. The van der Waals surface area contributed by atoms with Gasteiger partial charge in [0.2, 0.25) is 11.7 Å². The van der Waals surface area contributed by atoms with E-state index < -0.39 is 6.10 Å². The predicted molar refractivity (Wildman–Crippen MR) is 56.2 cm³/mol. The van der Waals surface area contributed by atoms with E-state index in [0.29, 0.717) is 31.3 Å². The van der Waals surface area contributed by atoms with Gasteiger partial charge in [-0.05, 0) is 12.5 Å². The van der Waals surface area contributed by atoms with Crippen LogP contribution in [0.2, 0.25) is 0 Å². The van der Waals surface area contributed by atoms with E-state index >= 15 is 0 Å². The summed E-state index contributed by atoms with van der Waals surface area (Å²) in [5.74, 6) is 0.636. The normalized spacial score (nSPS) is 25.0. The number of rotatable bonds is 2. The zero-order valence-corrected chi connectivity index (χ0v) is 9.07. The molecule has 1 N–H and O–H groups in total. The molecule has 90 valence electrons. The molecule has 17 heavy (non-hydrogen) atoms. The van der Waals surface area contributed by atoms with Crippen LogP contribution in [0.25, 0.3) is 11.4 Å². The van der Waals surface area contributed by atoms with Gasteiger partial charge in [-0.25, -0.2) is 0 Å². The van der Waals surface area contributed by atoms with Crippen molar-refractivity contribution in [3.63, 3.8) is 0 Å². The highest BCUT2D eigenvalue weighted by Crippen LogP contribution is 2.26. The van der Waals surface area contributed by atoms with E-state index in [1.165, 1.54) is 0 Å². The van der Waals surface area contributed by atoms with Crippen molar-refractivity contribution < 1.29 is 18.8 Å². The number of hydrogen-bond donors (Lipinski definition) is 1. The van der Waals surface area contributed by atoms with Gasteiger partial charge in [-0.15, -0.1) is 0 Å². The first kappa shape index (κ1) is 10.5. The molecule has 6 nitrogen and oxygen atoms in total. The van der Waals surface area contributed by atoms with E-state index in [9.17, 15) is 5.11 Å². The van der Waals surface area contributed by atoms with Crippen molar-refractivity contribution in [1.82, 2.24) is 10.1 Å². The second-order valence-electron chi connectivity index (χ2n) is 4.01. The Kier molecular flexibility index (Phi) is 2.66. The van der Waals surface area contributed by atoms with Gasteiger partial charge in [-0.1, -0.05) is 5.16 Å². The van der Waals surface area contributed by atoms with E-state index in [4.69, 9.17) is 13.7 Å². The van der Waals surface area contributed by atoms with Crippen LogP contribution in [-0.2, 0) is 4.74 Å². The van der Waals surface area contributed by atoms with Crippen molar-refractivity contribution in [2.45, 2.75) is 18.4 Å². The third kappa shape index (κ3) is 1.96. The molecule has 0 amide bonds. The minimum Gasteiger partial charge on any atom is -0.472 e. The zero-order chi connectivity index (χ0) is 11.7. The molecule has 2 aromatic heterocycles. The monoisotopic (exact) mass is 236 g/mol. The van der Waals surface area contributed by atoms with Gasteiger partial charge in [-0.2, -0.15) is 4.98 Å². The van der Waals surface area contributed by atoms with Crippen LogP contribution in [0.1, 0.15) is 18.2 Å². The third-order valence-electron chi connectivity index (χ3n) is 2.86. The molecule has 0 radical (unpaired) electrons. The first-order valence-electron chi connectivity index (χ1n) is 5.46. The second kappa shape index (κ2) is 4.31. The number of hydrogen-bond acceptors (Lipinski definition) is 6. The largest absolute Gasteiger partial charge is 0.472 e. The van der Waals surface area contributed by atoms with Gasteiger partial charge >= 0.3 is 0 Å². The van der Waals surface area contributed by atoms with Crippen molar-refractivity contribution in [2.75, 3.05) is 13.2 Å². The predicted octanol–water partition coefficient (Wildman–Crippen LogP) is 1.19. The summed E-state index contributed by atoms with van der Waals surface area (Å²) in [5, 5.41) is 13.7. The van der Waals surface area contributed by atoms with Gasteiger partial charge < -0.3 is 18.8 Å². The minimum absolute atomic E-state index is 0.239. The maximum Gasteiger partial charge on any atom is 0.235 e. The summed E-state index contributed by atoms with van der Waals surface area (Å²) < 4.78 is 15.4. The Morgan fingerprint density at radius 1 is 1.41 bits per heavy atom. The maximum absolute atomic E-state index is 9.84. The molecule has 0 bridgehead atoms. The summed E-state index contributed by atoms with van der Waals surface area (Å²) >= 11 is 0. The van der Waals surface area contributed by atoms with E-state index in [-0.39, 0.29) is 5.92 Å². The van der Waals surface area contributed by atoms with Crippen LogP contribution in [0.15, 0.2) is 27.5 Å². The van der Waals surface area contributed by atoms with Crippen molar-refractivity contribution in [1.29, 1.82) is 0 Å². The van der Waals surface area contributed by atoms with Gasteiger partial charge in [-0.3, -0.25) is 0 Å². The average molecular weight is 236 g/mol. The molecule has 1 fully saturated rings. The Hall–Kier alpha value is -1.66. The molecule has 2 unspecified atom stereocenters. The summed E-state index contributed by atoms with van der Waals surface area (Å²) in [5.41, 5.74) is 0.756. The fraction of sp³-hybridized carbons (Fsp3) is 0.455. The molecule has 2 aromatic rings. The minimum atomic E-state index is -0.485. The SMILES string of the molecule is OC1CCOCC1c1nc(-c2ccoc2)no1. The third-order valence-corrected chi connectivity index (χ3v) is 2.86. The van der Waals surface area contributed by atoms with E-state index in [2.05, 4.69) is 10.1 Å². The Labute approximate surface area is 97.2 Å². The van der Waals surface area contributed by atoms with Crippen LogP contribution in [0.3, 0.4) is 0 Å². The Morgan fingerprint density at radius 3 is 3.12 bits per heavy atom. The van der Waals surface area contributed by atoms with Gasteiger partial charge in [0.15, 0.2) is 0 Å². The molecule has 3 rings (SSSR count). The van der Waals surface area contributed by atoms with E-state index in [1.54, 1.807) is 18.6 Å². The molecule has 0 saturated carbocycles. The number of aromatic nitrogens is 2.